The molecule has 0 bridgehead atoms. The Kier molecular flexibility index (Phi) is 5.31. The molecule has 0 atom stereocenters. The van der Waals surface area contributed by atoms with E-state index in [1.165, 1.54) is 4.88 Å². The molecule has 0 unspecified atom stereocenters. The molecule has 0 fully saturated rings. The fourth-order valence-corrected chi connectivity index (χ4v) is 4.07. The van der Waals surface area contributed by atoms with Gasteiger partial charge in [-0.15, -0.1) is 34.4 Å². The van der Waals surface area contributed by atoms with Crippen LogP contribution < -0.4 is 5.32 Å². The molecule has 0 aliphatic carbocycles. The van der Waals surface area contributed by atoms with E-state index in [0.29, 0.717) is 12.3 Å². The number of nitrogens with one attached hydrogen (secondary N) is 1. The lowest BCUT2D eigenvalue weighted by atomic mass is 10.4. The molecule has 1 N–H and O–H groups in total. The van der Waals surface area contributed by atoms with Gasteiger partial charge in [0.2, 0.25) is 5.91 Å². The van der Waals surface area contributed by atoms with Gasteiger partial charge in [-0.3, -0.25) is 4.79 Å². The van der Waals surface area contributed by atoms with Crippen molar-refractivity contribution in [3.05, 3.63) is 51.9 Å². The Hall–Kier alpha value is -1.57. The highest BCUT2D eigenvalue weighted by Gasteiger charge is 2.08. The maximum absolute atomic E-state index is 11.8. The monoisotopic (exact) mass is 350 g/mol. The Morgan fingerprint density at radius 2 is 2.27 bits per heavy atom. The van der Waals surface area contributed by atoms with Crippen molar-refractivity contribution >= 4 is 40.3 Å². The van der Waals surface area contributed by atoms with Crippen LogP contribution in [0.25, 0.3) is 10.8 Å². The molecule has 3 aromatic heterocycles. The van der Waals surface area contributed by atoms with Gasteiger partial charge in [0, 0.05) is 16.0 Å². The number of amides is 1. The molecule has 0 spiro atoms. The predicted molar refractivity (Wildman–Crippen MR) is 92.1 cm³/mol. The van der Waals surface area contributed by atoms with Gasteiger partial charge >= 0.3 is 0 Å². The number of thiazole rings is 1. The summed E-state index contributed by atoms with van der Waals surface area (Å²) in [5.41, 5.74) is 0.979. The summed E-state index contributed by atoms with van der Waals surface area (Å²) in [4.78, 5) is 17.4. The van der Waals surface area contributed by atoms with Gasteiger partial charge in [-0.05, 0) is 23.6 Å². The number of thiophene rings is 1. The van der Waals surface area contributed by atoms with Crippen LogP contribution in [0.1, 0.15) is 10.6 Å². The summed E-state index contributed by atoms with van der Waals surface area (Å²) < 4.78 is 5.32. The van der Waals surface area contributed by atoms with Crippen LogP contribution in [-0.4, -0.2) is 16.6 Å². The average Bonchev–Trinajstić information content (AvgIpc) is 3.26. The van der Waals surface area contributed by atoms with Gasteiger partial charge in [0.15, 0.2) is 10.8 Å². The maximum Gasteiger partial charge on any atom is 0.230 e. The fraction of sp³-hybridized carbons (Fsp3) is 0.200. The average molecular weight is 350 g/mol. The highest BCUT2D eigenvalue weighted by Crippen LogP contribution is 2.25. The Labute approximate surface area is 140 Å². The van der Waals surface area contributed by atoms with Gasteiger partial charge < -0.3 is 9.73 Å². The molecular weight excluding hydrogens is 336 g/mol. The van der Waals surface area contributed by atoms with Crippen LogP contribution in [0.5, 0.6) is 0 Å². The Balaban J connectivity index is 1.40. The molecule has 3 heterocycles. The Bertz CT molecular complexity index is 705. The topological polar surface area (TPSA) is 55.1 Å². The largest absolute Gasteiger partial charge is 0.462 e. The van der Waals surface area contributed by atoms with E-state index >= 15 is 0 Å². The molecule has 7 heteroatoms. The predicted octanol–water partition coefficient (Wildman–Crippen LogP) is 4.01. The first kappa shape index (κ1) is 15.3. The van der Waals surface area contributed by atoms with E-state index < -0.39 is 0 Å². The Morgan fingerprint density at radius 1 is 1.32 bits per heavy atom. The van der Waals surface area contributed by atoms with Gasteiger partial charge in [0.25, 0.3) is 0 Å². The van der Waals surface area contributed by atoms with E-state index in [0.717, 1.165) is 22.2 Å². The van der Waals surface area contributed by atoms with Crippen molar-refractivity contribution in [2.45, 2.75) is 12.3 Å². The standard InChI is InChI=1S/C15H14N2O2S3/c18-14(16-7-12-3-2-6-21-12)10-20-8-11-9-22-15(17-11)13-4-1-5-19-13/h1-6,9H,7-8,10H2,(H,16,18). The van der Waals surface area contributed by atoms with Crippen molar-refractivity contribution in [3.63, 3.8) is 0 Å². The highest BCUT2D eigenvalue weighted by molar-refractivity contribution is 7.99. The maximum atomic E-state index is 11.8. The van der Waals surface area contributed by atoms with Crippen molar-refractivity contribution in [1.29, 1.82) is 0 Å². The summed E-state index contributed by atoms with van der Waals surface area (Å²) in [6.45, 7) is 0.608. The second kappa shape index (κ2) is 7.62. The zero-order chi connectivity index (χ0) is 15.2. The number of thioether (sulfide) groups is 1. The Morgan fingerprint density at radius 3 is 3.05 bits per heavy atom. The zero-order valence-corrected chi connectivity index (χ0v) is 14.1. The second-order valence-electron chi connectivity index (χ2n) is 4.47. The highest BCUT2D eigenvalue weighted by atomic mass is 32.2. The number of rotatable bonds is 7. The third-order valence-corrected chi connectivity index (χ3v) is 5.55. The van der Waals surface area contributed by atoms with E-state index in [-0.39, 0.29) is 5.91 Å². The summed E-state index contributed by atoms with van der Waals surface area (Å²) in [6, 6.07) is 7.75. The van der Waals surface area contributed by atoms with Crippen LogP contribution >= 0.6 is 34.4 Å². The van der Waals surface area contributed by atoms with Crippen molar-refractivity contribution in [3.8, 4) is 10.8 Å². The molecule has 114 valence electrons. The number of aromatic nitrogens is 1. The molecule has 0 saturated carbocycles. The van der Waals surface area contributed by atoms with Crippen LogP contribution in [0.3, 0.4) is 0 Å². The van der Waals surface area contributed by atoms with E-state index in [2.05, 4.69) is 10.3 Å². The quantitative estimate of drug-likeness (QED) is 0.699. The van der Waals surface area contributed by atoms with Crippen LogP contribution in [0.15, 0.2) is 45.7 Å². The molecule has 0 aliphatic rings. The summed E-state index contributed by atoms with van der Waals surface area (Å²) in [6.07, 6.45) is 1.64. The normalized spacial score (nSPS) is 10.7. The number of carbonyl (C=O) groups is 1. The van der Waals surface area contributed by atoms with Crippen LogP contribution in [0, 0.1) is 0 Å². The smallest absolute Gasteiger partial charge is 0.230 e. The first-order valence-electron chi connectivity index (χ1n) is 6.66. The minimum absolute atomic E-state index is 0.0555. The summed E-state index contributed by atoms with van der Waals surface area (Å²) in [5, 5.41) is 7.81. The van der Waals surface area contributed by atoms with Gasteiger partial charge in [0.05, 0.1) is 24.3 Å². The summed E-state index contributed by atoms with van der Waals surface area (Å²) in [7, 11) is 0. The lowest BCUT2D eigenvalue weighted by molar-refractivity contribution is -0.118. The van der Waals surface area contributed by atoms with E-state index in [1.54, 1.807) is 40.7 Å². The molecule has 4 nitrogen and oxygen atoms in total. The fourth-order valence-electron chi connectivity index (χ4n) is 1.78. The first-order chi connectivity index (χ1) is 10.8. The van der Waals surface area contributed by atoms with E-state index in [1.807, 2.05) is 35.0 Å². The number of nitrogens with zero attached hydrogens (tertiary/aromatic N) is 1. The van der Waals surface area contributed by atoms with Gasteiger partial charge in [-0.2, -0.15) is 0 Å². The lowest BCUT2D eigenvalue weighted by Gasteiger charge is -2.02. The van der Waals surface area contributed by atoms with Crippen LogP contribution in [0.4, 0.5) is 0 Å². The van der Waals surface area contributed by atoms with Crippen LogP contribution in [-0.2, 0) is 17.1 Å². The first-order valence-corrected chi connectivity index (χ1v) is 9.58. The second-order valence-corrected chi connectivity index (χ2v) is 7.35. The summed E-state index contributed by atoms with van der Waals surface area (Å²) >= 11 is 4.77. The minimum Gasteiger partial charge on any atom is -0.462 e. The number of hydrogen-bond donors (Lipinski definition) is 1. The summed E-state index contributed by atoms with van der Waals surface area (Å²) in [5.74, 6) is 2.01. The van der Waals surface area contributed by atoms with Crippen molar-refractivity contribution in [2.75, 3.05) is 5.75 Å². The number of furan rings is 1. The number of carbonyl (C=O) groups excluding carboxylic acids is 1. The molecule has 0 aromatic carbocycles. The molecule has 1 amide bonds. The van der Waals surface area contributed by atoms with Gasteiger partial charge in [0.1, 0.15) is 0 Å². The molecule has 3 rings (SSSR count). The van der Waals surface area contributed by atoms with Crippen LogP contribution in [0.2, 0.25) is 0 Å². The zero-order valence-electron chi connectivity index (χ0n) is 11.7. The molecule has 0 aliphatic heterocycles. The lowest BCUT2D eigenvalue weighted by Crippen LogP contribution is -2.24. The molecule has 3 aromatic rings. The van der Waals surface area contributed by atoms with E-state index in [4.69, 9.17) is 4.42 Å². The van der Waals surface area contributed by atoms with Gasteiger partial charge in [-0.1, -0.05) is 6.07 Å². The third-order valence-electron chi connectivity index (χ3n) is 2.81. The van der Waals surface area contributed by atoms with Gasteiger partial charge in [-0.25, -0.2) is 4.98 Å². The molecule has 22 heavy (non-hydrogen) atoms. The van der Waals surface area contributed by atoms with Crippen molar-refractivity contribution < 1.29 is 9.21 Å². The minimum atomic E-state index is 0.0555. The van der Waals surface area contributed by atoms with Crippen molar-refractivity contribution in [2.24, 2.45) is 0 Å². The third kappa shape index (κ3) is 4.22. The van der Waals surface area contributed by atoms with Crippen molar-refractivity contribution in [1.82, 2.24) is 10.3 Å². The SMILES string of the molecule is O=C(CSCc1csc(-c2ccco2)n1)NCc1cccs1. The van der Waals surface area contributed by atoms with E-state index in [9.17, 15) is 4.79 Å². The molecule has 0 radical (unpaired) electrons. The number of hydrogen-bond acceptors (Lipinski definition) is 6. The molecule has 0 saturated heterocycles. The molecular formula is C15H14N2O2S3.